The van der Waals surface area contributed by atoms with Crippen molar-refractivity contribution < 1.29 is 0 Å². The molecule has 13 heavy (non-hydrogen) atoms. The van der Waals surface area contributed by atoms with Gasteiger partial charge in [-0.15, -0.1) is 0 Å². The summed E-state index contributed by atoms with van der Waals surface area (Å²) in [6.45, 7) is 2.29. The molecule has 0 spiro atoms. The first-order chi connectivity index (χ1) is 6.29. The van der Waals surface area contributed by atoms with Crippen molar-refractivity contribution in [2.45, 2.75) is 63.6 Å². The number of hydrogen-bond donors (Lipinski definition) is 2. The van der Waals surface area contributed by atoms with Gasteiger partial charge in [-0.2, -0.15) is 0 Å². The molecule has 0 aliphatic heterocycles. The molecule has 3 N–H and O–H groups in total. The van der Waals surface area contributed by atoms with Crippen LogP contribution in [-0.4, -0.2) is 18.1 Å². The summed E-state index contributed by atoms with van der Waals surface area (Å²) < 4.78 is 0. The Hall–Kier alpha value is -0.0800. The molecule has 2 heteroatoms. The van der Waals surface area contributed by atoms with E-state index in [1.807, 2.05) is 0 Å². The Morgan fingerprint density at radius 2 is 1.92 bits per heavy atom. The average molecular weight is 182 g/mol. The first kappa shape index (κ1) is 9.47. The monoisotopic (exact) mass is 182 g/mol. The lowest BCUT2D eigenvalue weighted by atomic mass is 9.92. The Morgan fingerprint density at radius 1 is 1.23 bits per heavy atom. The van der Waals surface area contributed by atoms with Gasteiger partial charge in [0.05, 0.1) is 0 Å². The van der Waals surface area contributed by atoms with Crippen molar-refractivity contribution in [2.75, 3.05) is 0 Å². The fraction of sp³-hybridized carbons (Fsp3) is 1.00. The fourth-order valence-corrected chi connectivity index (χ4v) is 2.49. The van der Waals surface area contributed by atoms with E-state index in [9.17, 15) is 0 Å². The second-order valence-corrected chi connectivity index (χ2v) is 4.79. The van der Waals surface area contributed by atoms with Crippen molar-refractivity contribution in [3.8, 4) is 0 Å². The second kappa shape index (κ2) is 3.97. The lowest BCUT2D eigenvalue weighted by molar-refractivity contribution is 0.336. The summed E-state index contributed by atoms with van der Waals surface area (Å²) >= 11 is 0. The van der Waals surface area contributed by atoms with E-state index in [-0.39, 0.29) is 0 Å². The fourth-order valence-electron chi connectivity index (χ4n) is 2.49. The molecule has 0 aromatic heterocycles. The molecule has 0 heterocycles. The lowest BCUT2D eigenvalue weighted by Crippen LogP contribution is -2.38. The molecular weight excluding hydrogens is 160 g/mol. The van der Waals surface area contributed by atoms with Gasteiger partial charge in [0.15, 0.2) is 0 Å². The van der Waals surface area contributed by atoms with Gasteiger partial charge in [0.2, 0.25) is 0 Å². The third-order valence-electron chi connectivity index (χ3n) is 3.67. The molecule has 2 rings (SSSR count). The predicted octanol–water partition coefficient (Wildman–Crippen LogP) is 1.64. The highest BCUT2D eigenvalue weighted by Gasteiger charge is 2.36. The third-order valence-corrected chi connectivity index (χ3v) is 3.67. The SMILES string of the molecule is CCC1CC1NC1CCC(N)CC1. The summed E-state index contributed by atoms with van der Waals surface area (Å²) in [6.07, 6.45) is 7.81. The van der Waals surface area contributed by atoms with E-state index in [4.69, 9.17) is 5.73 Å². The van der Waals surface area contributed by atoms with Crippen molar-refractivity contribution >= 4 is 0 Å². The molecule has 2 aliphatic rings. The van der Waals surface area contributed by atoms with Gasteiger partial charge in [0.25, 0.3) is 0 Å². The summed E-state index contributed by atoms with van der Waals surface area (Å²) in [6, 6.07) is 2.12. The minimum Gasteiger partial charge on any atom is -0.328 e. The van der Waals surface area contributed by atoms with Gasteiger partial charge in [0.1, 0.15) is 0 Å². The van der Waals surface area contributed by atoms with Crippen LogP contribution < -0.4 is 11.1 Å². The summed E-state index contributed by atoms with van der Waals surface area (Å²) in [5.41, 5.74) is 5.87. The highest BCUT2D eigenvalue weighted by atomic mass is 15.0. The van der Waals surface area contributed by atoms with Gasteiger partial charge in [0, 0.05) is 18.1 Å². The van der Waals surface area contributed by atoms with Gasteiger partial charge in [-0.25, -0.2) is 0 Å². The molecule has 76 valence electrons. The summed E-state index contributed by atoms with van der Waals surface area (Å²) in [7, 11) is 0. The molecule has 0 aromatic rings. The summed E-state index contributed by atoms with van der Waals surface area (Å²) in [5.74, 6) is 0.982. The Balaban J connectivity index is 1.66. The molecule has 2 saturated carbocycles. The smallest absolute Gasteiger partial charge is 0.0102 e. The zero-order valence-electron chi connectivity index (χ0n) is 8.63. The van der Waals surface area contributed by atoms with Gasteiger partial charge in [-0.1, -0.05) is 13.3 Å². The minimum absolute atomic E-state index is 0.485. The summed E-state index contributed by atoms with van der Waals surface area (Å²) in [5, 5.41) is 3.76. The predicted molar refractivity (Wildman–Crippen MR) is 55.6 cm³/mol. The minimum atomic E-state index is 0.485. The molecule has 2 atom stereocenters. The van der Waals surface area contributed by atoms with E-state index in [0.717, 1.165) is 18.0 Å². The maximum Gasteiger partial charge on any atom is 0.0102 e. The van der Waals surface area contributed by atoms with Crippen molar-refractivity contribution in [1.29, 1.82) is 0 Å². The molecule has 0 aromatic carbocycles. The lowest BCUT2D eigenvalue weighted by Gasteiger charge is -2.27. The van der Waals surface area contributed by atoms with Gasteiger partial charge in [-0.05, 0) is 38.0 Å². The maximum atomic E-state index is 5.87. The van der Waals surface area contributed by atoms with Gasteiger partial charge >= 0.3 is 0 Å². The molecule has 2 unspecified atom stereocenters. The van der Waals surface area contributed by atoms with Gasteiger partial charge in [-0.3, -0.25) is 0 Å². The van der Waals surface area contributed by atoms with Crippen LogP contribution >= 0.6 is 0 Å². The molecule has 0 saturated heterocycles. The standard InChI is InChI=1S/C11H22N2/c1-2-8-7-11(8)13-10-5-3-9(12)4-6-10/h8-11,13H,2-7,12H2,1H3. The molecule has 2 fully saturated rings. The number of rotatable bonds is 3. The Bertz CT molecular complexity index is 161. The van der Waals surface area contributed by atoms with Crippen LogP contribution in [0, 0.1) is 5.92 Å². The molecule has 2 aliphatic carbocycles. The van der Waals surface area contributed by atoms with Crippen molar-refractivity contribution in [1.82, 2.24) is 5.32 Å². The van der Waals surface area contributed by atoms with Crippen LogP contribution in [0.3, 0.4) is 0 Å². The van der Waals surface area contributed by atoms with Crippen LogP contribution in [0.25, 0.3) is 0 Å². The number of nitrogens with one attached hydrogen (secondary N) is 1. The molecule has 0 amide bonds. The number of nitrogens with two attached hydrogens (primary N) is 1. The first-order valence-electron chi connectivity index (χ1n) is 5.81. The Kier molecular flexibility index (Phi) is 2.89. The Labute approximate surface area is 81.3 Å². The van der Waals surface area contributed by atoms with E-state index < -0.39 is 0 Å². The normalized spacial score (nSPS) is 44.8. The van der Waals surface area contributed by atoms with Crippen LogP contribution in [0.15, 0.2) is 0 Å². The van der Waals surface area contributed by atoms with Crippen molar-refractivity contribution in [3.63, 3.8) is 0 Å². The third kappa shape index (κ3) is 2.44. The van der Waals surface area contributed by atoms with E-state index in [2.05, 4.69) is 12.2 Å². The van der Waals surface area contributed by atoms with Crippen LogP contribution in [0.4, 0.5) is 0 Å². The van der Waals surface area contributed by atoms with Gasteiger partial charge < -0.3 is 11.1 Å². The zero-order chi connectivity index (χ0) is 9.26. The first-order valence-corrected chi connectivity index (χ1v) is 5.81. The van der Waals surface area contributed by atoms with Crippen LogP contribution in [-0.2, 0) is 0 Å². The van der Waals surface area contributed by atoms with Crippen molar-refractivity contribution in [2.24, 2.45) is 11.7 Å². The molecule has 2 nitrogen and oxygen atoms in total. The second-order valence-electron chi connectivity index (χ2n) is 4.79. The highest BCUT2D eigenvalue weighted by molar-refractivity contribution is 4.95. The quantitative estimate of drug-likeness (QED) is 0.696. The Morgan fingerprint density at radius 3 is 2.46 bits per heavy atom. The van der Waals surface area contributed by atoms with E-state index in [1.54, 1.807) is 0 Å². The maximum absolute atomic E-state index is 5.87. The molecule has 0 bridgehead atoms. The molecular formula is C11H22N2. The van der Waals surface area contributed by atoms with E-state index >= 15 is 0 Å². The topological polar surface area (TPSA) is 38.0 Å². The summed E-state index contributed by atoms with van der Waals surface area (Å²) in [4.78, 5) is 0. The van der Waals surface area contributed by atoms with E-state index in [1.165, 1.54) is 38.5 Å². The highest BCUT2D eigenvalue weighted by Crippen LogP contribution is 2.34. The van der Waals surface area contributed by atoms with E-state index in [0.29, 0.717) is 6.04 Å². The largest absolute Gasteiger partial charge is 0.328 e. The van der Waals surface area contributed by atoms with Crippen LogP contribution in [0.5, 0.6) is 0 Å². The zero-order valence-corrected chi connectivity index (χ0v) is 8.63. The molecule has 0 radical (unpaired) electrons. The van der Waals surface area contributed by atoms with Crippen molar-refractivity contribution in [3.05, 3.63) is 0 Å². The van der Waals surface area contributed by atoms with Crippen LogP contribution in [0.1, 0.15) is 45.4 Å². The average Bonchev–Trinajstić information content (AvgIpc) is 2.88. The number of hydrogen-bond acceptors (Lipinski definition) is 2. The van der Waals surface area contributed by atoms with Crippen LogP contribution in [0.2, 0.25) is 0 Å².